The maximum absolute atomic E-state index is 11.3. The second-order valence-corrected chi connectivity index (χ2v) is 2.87. The average Bonchev–Trinajstić information content (AvgIpc) is 2.16. The van der Waals surface area contributed by atoms with Crippen molar-refractivity contribution < 1.29 is 24.6 Å². The first-order valence-electron chi connectivity index (χ1n) is 3.91. The number of carbonyl (C=O) groups excluding carboxylic acids is 2. The summed E-state index contributed by atoms with van der Waals surface area (Å²) in [6, 6.07) is 0. The molecule has 0 aromatic rings. The lowest BCUT2D eigenvalue weighted by Gasteiger charge is -2.03. The summed E-state index contributed by atoms with van der Waals surface area (Å²) in [7, 11) is 0. The van der Waals surface area contributed by atoms with Crippen molar-refractivity contribution in [1.82, 2.24) is 0 Å². The number of carbonyl (C=O) groups is 2. The van der Waals surface area contributed by atoms with Gasteiger partial charge in [0.1, 0.15) is 17.3 Å². The van der Waals surface area contributed by atoms with Gasteiger partial charge in [-0.05, 0) is 19.4 Å². The van der Waals surface area contributed by atoms with Crippen LogP contribution in [0.5, 0.6) is 0 Å². The molecule has 0 aliphatic carbocycles. The summed E-state index contributed by atoms with van der Waals surface area (Å²) in [5.74, 6) is -1.93. The largest absolute Gasteiger partial charge is 0.506 e. The molecule has 5 heteroatoms. The molecule has 0 saturated carbocycles. The fourth-order valence-electron chi connectivity index (χ4n) is 0.704. The Bertz CT molecular complexity index is 408. The molecule has 15 heavy (non-hydrogen) atoms. The van der Waals surface area contributed by atoms with E-state index in [0.717, 1.165) is 6.92 Å². The monoisotopic (exact) mass is 210 g/mol. The molecule has 0 spiro atoms. The van der Waals surface area contributed by atoms with Crippen molar-refractivity contribution in [2.45, 2.75) is 13.8 Å². The summed E-state index contributed by atoms with van der Waals surface area (Å²) in [5, 5.41) is 17.8. The number of allylic oxidation sites excluding steroid dienone is 2. The molecule has 2 N–H and O–H groups in total. The van der Waals surface area contributed by atoms with E-state index in [1.165, 1.54) is 12.9 Å². The highest BCUT2D eigenvalue weighted by molar-refractivity contribution is 6.15. The van der Waals surface area contributed by atoms with Crippen LogP contribution in [-0.4, -0.2) is 27.9 Å². The van der Waals surface area contributed by atoms with Gasteiger partial charge < -0.3 is 10.2 Å². The van der Waals surface area contributed by atoms with Crippen molar-refractivity contribution in [2.75, 3.05) is 0 Å². The van der Waals surface area contributed by atoms with E-state index in [-0.39, 0.29) is 5.57 Å². The predicted molar refractivity (Wildman–Crippen MR) is 52.0 cm³/mol. The Hall–Kier alpha value is -2.13. The predicted octanol–water partition coefficient (Wildman–Crippen LogP) is 0.806. The van der Waals surface area contributed by atoms with E-state index in [1.54, 1.807) is 0 Å². The number of Topliss-reactive ketones (excluding diaryl/α,β-unsaturated/α-hetero) is 1. The van der Waals surface area contributed by atoms with Gasteiger partial charge in [-0.2, -0.15) is 0 Å². The van der Waals surface area contributed by atoms with Crippen molar-refractivity contribution in [2.24, 2.45) is 0 Å². The molecule has 0 heterocycles. The topological polar surface area (TPSA) is 91.7 Å². The standard InChI is InChI=1S/C10H10O5/c1-5(2)8(12)7(4-11)9(13)6(3)10(14)15/h13H,1H2,2-3H3,(H,14,15). The molecule has 0 bridgehead atoms. The second kappa shape index (κ2) is 4.93. The molecule has 0 aromatic heterocycles. The summed E-state index contributed by atoms with van der Waals surface area (Å²) in [6.45, 7) is 5.69. The van der Waals surface area contributed by atoms with Crippen molar-refractivity contribution in [3.05, 3.63) is 29.1 Å². The highest BCUT2D eigenvalue weighted by Gasteiger charge is 2.20. The van der Waals surface area contributed by atoms with Crippen LogP contribution >= 0.6 is 0 Å². The Morgan fingerprint density at radius 3 is 1.93 bits per heavy atom. The molecule has 0 unspecified atom stereocenters. The smallest absolute Gasteiger partial charge is 0.335 e. The molecule has 5 nitrogen and oxygen atoms in total. The SMILES string of the molecule is C=C(C)C(=O)C(=C=O)C(O)=C(C)C(=O)O. The highest BCUT2D eigenvalue weighted by atomic mass is 16.4. The molecule has 0 rings (SSSR count). The normalized spacial score (nSPS) is 11.1. The zero-order chi connectivity index (χ0) is 12.2. The van der Waals surface area contributed by atoms with E-state index in [4.69, 9.17) is 5.11 Å². The number of carboxylic acid groups (broad SMARTS) is 1. The Balaban J connectivity index is 5.49. The Morgan fingerprint density at radius 2 is 1.67 bits per heavy atom. The van der Waals surface area contributed by atoms with Crippen molar-refractivity contribution in [3.8, 4) is 0 Å². The number of aliphatic carboxylic acids is 1. The molecule has 0 amide bonds. The first-order chi connectivity index (χ1) is 6.82. The van der Waals surface area contributed by atoms with Crippen LogP contribution in [0, 0.1) is 0 Å². The third-order valence-corrected chi connectivity index (χ3v) is 1.63. The average molecular weight is 210 g/mol. The first-order valence-corrected chi connectivity index (χ1v) is 3.91. The van der Waals surface area contributed by atoms with Gasteiger partial charge in [0.25, 0.3) is 0 Å². The van der Waals surface area contributed by atoms with Crippen LogP contribution in [0.4, 0.5) is 0 Å². The number of ketones is 1. The van der Waals surface area contributed by atoms with Crippen LogP contribution in [-0.2, 0) is 14.4 Å². The summed E-state index contributed by atoms with van der Waals surface area (Å²) < 4.78 is 0. The Kier molecular flexibility index (Phi) is 4.23. The zero-order valence-corrected chi connectivity index (χ0v) is 8.33. The molecule has 0 aliphatic heterocycles. The lowest BCUT2D eigenvalue weighted by molar-refractivity contribution is -0.132. The maximum atomic E-state index is 11.3. The number of hydrogen-bond acceptors (Lipinski definition) is 4. The Morgan fingerprint density at radius 1 is 1.20 bits per heavy atom. The highest BCUT2D eigenvalue weighted by Crippen LogP contribution is 2.13. The van der Waals surface area contributed by atoms with Gasteiger partial charge in [0.2, 0.25) is 5.78 Å². The fourth-order valence-corrected chi connectivity index (χ4v) is 0.704. The quantitative estimate of drug-likeness (QED) is 0.310. The number of aliphatic hydroxyl groups excluding tert-OH is 1. The van der Waals surface area contributed by atoms with E-state index in [1.807, 2.05) is 0 Å². The van der Waals surface area contributed by atoms with E-state index >= 15 is 0 Å². The van der Waals surface area contributed by atoms with Crippen LogP contribution in [0.3, 0.4) is 0 Å². The number of hydrogen-bond donors (Lipinski definition) is 2. The lowest BCUT2D eigenvalue weighted by Crippen LogP contribution is -2.11. The minimum absolute atomic E-state index is 0.0121. The van der Waals surface area contributed by atoms with Gasteiger partial charge in [-0.1, -0.05) is 6.58 Å². The van der Waals surface area contributed by atoms with Crippen LogP contribution in [0.2, 0.25) is 0 Å². The fraction of sp³-hybridized carbons (Fsp3) is 0.200. The summed E-state index contributed by atoms with van der Waals surface area (Å²) >= 11 is 0. The van der Waals surface area contributed by atoms with Gasteiger partial charge in [0.15, 0.2) is 0 Å². The Labute approximate surface area is 86.0 Å². The third kappa shape index (κ3) is 2.93. The van der Waals surface area contributed by atoms with Crippen LogP contribution < -0.4 is 0 Å². The number of carboxylic acids is 1. The van der Waals surface area contributed by atoms with Gasteiger partial charge >= 0.3 is 5.97 Å². The summed E-state index contributed by atoms with van der Waals surface area (Å²) in [5.41, 5.74) is -1.21. The van der Waals surface area contributed by atoms with Crippen LogP contribution in [0.25, 0.3) is 0 Å². The molecule has 0 radical (unpaired) electrons. The van der Waals surface area contributed by atoms with E-state index in [2.05, 4.69) is 6.58 Å². The zero-order valence-electron chi connectivity index (χ0n) is 8.33. The minimum Gasteiger partial charge on any atom is -0.506 e. The van der Waals surface area contributed by atoms with Crippen molar-refractivity contribution in [1.29, 1.82) is 0 Å². The van der Waals surface area contributed by atoms with Crippen LogP contribution in [0.1, 0.15) is 13.8 Å². The summed E-state index contributed by atoms with van der Waals surface area (Å²) in [4.78, 5) is 32.1. The lowest BCUT2D eigenvalue weighted by atomic mass is 10.0. The minimum atomic E-state index is -1.42. The van der Waals surface area contributed by atoms with E-state index < -0.39 is 28.7 Å². The van der Waals surface area contributed by atoms with Crippen molar-refractivity contribution in [3.63, 3.8) is 0 Å². The van der Waals surface area contributed by atoms with Gasteiger partial charge in [0.05, 0.1) is 5.57 Å². The molecule has 0 saturated heterocycles. The maximum Gasteiger partial charge on any atom is 0.335 e. The number of aliphatic hydroxyl groups is 1. The molecular formula is C10H10O5. The van der Waals surface area contributed by atoms with Gasteiger partial charge in [0, 0.05) is 0 Å². The molecule has 0 aromatic carbocycles. The van der Waals surface area contributed by atoms with Gasteiger partial charge in [-0.3, -0.25) is 4.79 Å². The van der Waals surface area contributed by atoms with Crippen molar-refractivity contribution >= 4 is 17.7 Å². The van der Waals surface area contributed by atoms with Gasteiger partial charge in [-0.15, -0.1) is 0 Å². The number of rotatable bonds is 4. The molecule has 0 fully saturated rings. The third-order valence-electron chi connectivity index (χ3n) is 1.63. The second-order valence-electron chi connectivity index (χ2n) is 2.87. The molecular weight excluding hydrogens is 200 g/mol. The van der Waals surface area contributed by atoms with Crippen LogP contribution in [0.15, 0.2) is 29.1 Å². The molecule has 0 aliphatic rings. The van der Waals surface area contributed by atoms with E-state index in [9.17, 15) is 19.5 Å². The first kappa shape index (κ1) is 12.9. The molecule has 0 atom stereocenters. The summed E-state index contributed by atoms with van der Waals surface area (Å²) in [6.07, 6.45) is 0. The van der Waals surface area contributed by atoms with E-state index in [0.29, 0.717) is 0 Å². The molecule has 80 valence electrons. The van der Waals surface area contributed by atoms with Gasteiger partial charge in [-0.25, -0.2) is 9.59 Å².